The van der Waals surface area contributed by atoms with Gasteiger partial charge in [0.2, 0.25) is 0 Å². The number of aryl methyl sites for hydroxylation is 2. The Balaban J connectivity index is 1.93. The maximum Gasteiger partial charge on any atom is 0.147 e. The largest absolute Gasteiger partial charge is 0.394 e. The Hall–Kier alpha value is -1.27. The lowest BCUT2D eigenvalue weighted by atomic mass is 10.3. The highest BCUT2D eigenvalue weighted by Crippen LogP contribution is 2.20. The smallest absolute Gasteiger partial charge is 0.147 e. The normalized spacial score (nSPS) is 21.7. The van der Waals surface area contributed by atoms with Gasteiger partial charge < -0.3 is 20.7 Å². The third-order valence-electron chi connectivity index (χ3n) is 3.11. The van der Waals surface area contributed by atoms with Gasteiger partial charge in [-0.15, -0.1) is 0 Å². The third kappa shape index (κ3) is 2.70. The van der Waals surface area contributed by atoms with Gasteiger partial charge in [-0.2, -0.15) is 5.10 Å². The van der Waals surface area contributed by atoms with E-state index >= 15 is 0 Å². The average molecular weight is 239 g/mol. The van der Waals surface area contributed by atoms with Gasteiger partial charge >= 0.3 is 0 Å². The number of ether oxygens (including phenoxy) is 1. The Morgan fingerprint density at radius 1 is 1.53 bits per heavy atom. The molecule has 0 saturated carbocycles. The summed E-state index contributed by atoms with van der Waals surface area (Å²) < 4.78 is 7.46. The van der Waals surface area contributed by atoms with Gasteiger partial charge in [0.15, 0.2) is 0 Å². The zero-order valence-electron chi connectivity index (χ0n) is 10.7. The van der Waals surface area contributed by atoms with E-state index in [1.165, 1.54) is 0 Å². The van der Waals surface area contributed by atoms with E-state index in [1.54, 1.807) is 4.68 Å². The number of hydrogen-bond acceptors (Lipinski definition) is 5. The van der Waals surface area contributed by atoms with E-state index in [1.807, 2.05) is 14.0 Å². The van der Waals surface area contributed by atoms with Crippen LogP contribution in [0.2, 0.25) is 0 Å². The molecule has 6 nitrogen and oxygen atoms in total. The molecule has 1 atom stereocenters. The van der Waals surface area contributed by atoms with Crippen LogP contribution >= 0.6 is 0 Å². The molecule has 0 aliphatic carbocycles. The molecule has 0 amide bonds. The molecule has 6 heteroatoms. The molecule has 1 aliphatic heterocycles. The van der Waals surface area contributed by atoms with Gasteiger partial charge in [-0.1, -0.05) is 0 Å². The number of nitrogens with zero attached hydrogens (tertiary/aromatic N) is 3. The van der Waals surface area contributed by atoms with Crippen LogP contribution in [-0.2, 0) is 11.8 Å². The number of aromatic nitrogens is 2. The summed E-state index contributed by atoms with van der Waals surface area (Å²) in [6, 6.07) is 0. The SMILES string of the molecule is Cc1nn(C)c(NCC2CN(C)CCO2)c1N. The predicted molar refractivity (Wildman–Crippen MR) is 68.1 cm³/mol. The second-order valence-corrected chi connectivity index (χ2v) is 4.61. The Bertz CT molecular complexity index is 389. The van der Waals surface area contributed by atoms with Crippen LogP contribution in [0.15, 0.2) is 0 Å². The summed E-state index contributed by atoms with van der Waals surface area (Å²) in [5, 5.41) is 7.58. The fraction of sp³-hybridized carbons (Fsp3) is 0.727. The zero-order chi connectivity index (χ0) is 12.4. The van der Waals surface area contributed by atoms with Crippen molar-refractivity contribution in [2.45, 2.75) is 13.0 Å². The van der Waals surface area contributed by atoms with Crippen molar-refractivity contribution in [2.75, 3.05) is 44.3 Å². The quantitative estimate of drug-likeness (QED) is 0.780. The average Bonchev–Trinajstić information content (AvgIpc) is 2.51. The molecule has 3 N–H and O–H groups in total. The molecule has 17 heavy (non-hydrogen) atoms. The molecule has 1 aromatic heterocycles. The van der Waals surface area contributed by atoms with Gasteiger partial charge in [0, 0.05) is 26.7 Å². The van der Waals surface area contributed by atoms with Crippen LogP contribution < -0.4 is 11.1 Å². The van der Waals surface area contributed by atoms with Gasteiger partial charge in [0.05, 0.1) is 24.1 Å². The molecular formula is C11H21N5O. The molecule has 1 saturated heterocycles. The van der Waals surface area contributed by atoms with Crippen LogP contribution in [-0.4, -0.2) is 54.1 Å². The first kappa shape index (κ1) is 12.2. The topological polar surface area (TPSA) is 68.3 Å². The lowest BCUT2D eigenvalue weighted by Crippen LogP contribution is -2.43. The summed E-state index contributed by atoms with van der Waals surface area (Å²) in [6.07, 6.45) is 0.211. The van der Waals surface area contributed by atoms with Crippen molar-refractivity contribution in [3.63, 3.8) is 0 Å². The summed E-state index contributed by atoms with van der Waals surface area (Å²) in [7, 11) is 4.00. The molecular weight excluding hydrogens is 218 g/mol. The monoisotopic (exact) mass is 239 g/mol. The highest BCUT2D eigenvalue weighted by atomic mass is 16.5. The van der Waals surface area contributed by atoms with Crippen LogP contribution in [0.5, 0.6) is 0 Å². The van der Waals surface area contributed by atoms with Gasteiger partial charge in [-0.3, -0.25) is 4.68 Å². The lowest BCUT2D eigenvalue weighted by Gasteiger charge is -2.30. The van der Waals surface area contributed by atoms with E-state index in [4.69, 9.17) is 10.5 Å². The van der Waals surface area contributed by atoms with Crippen molar-refractivity contribution in [3.05, 3.63) is 5.69 Å². The molecule has 0 radical (unpaired) electrons. The van der Waals surface area contributed by atoms with Crippen molar-refractivity contribution < 1.29 is 4.74 Å². The summed E-state index contributed by atoms with van der Waals surface area (Å²) in [6.45, 7) is 5.41. The highest BCUT2D eigenvalue weighted by molar-refractivity contribution is 5.64. The number of rotatable bonds is 3. The van der Waals surface area contributed by atoms with Crippen LogP contribution in [0.3, 0.4) is 0 Å². The van der Waals surface area contributed by atoms with Crippen LogP contribution in [0, 0.1) is 6.92 Å². The van der Waals surface area contributed by atoms with Crippen molar-refractivity contribution in [3.8, 4) is 0 Å². The lowest BCUT2D eigenvalue weighted by molar-refractivity contribution is -0.0117. The Morgan fingerprint density at radius 2 is 2.29 bits per heavy atom. The predicted octanol–water partition coefficient (Wildman–Crippen LogP) is 0.0532. The minimum absolute atomic E-state index is 0.211. The number of likely N-dealkylation sites (N-methyl/N-ethyl adjacent to an activating group) is 1. The van der Waals surface area contributed by atoms with Crippen LogP contribution in [0.25, 0.3) is 0 Å². The molecule has 0 spiro atoms. The molecule has 2 rings (SSSR count). The summed E-state index contributed by atoms with van der Waals surface area (Å²) in [4.78, 5) is 2.27. The first-order chi connectivity index (χ1) is 8.08. The molecule has 2 heterocycles. The molecule has 1 aliphatic rings. The Labute approximate surface area is 102 Å². The van der Waals surface area contributed by atoms with E-state index < -0.39 is 0 Å². The van der Waals surface area contributed by atoms with E-state index in [2.05, 4.69) is 22.4 Å². The number of nitrogens with one attached hydrogen (secondary N) is 1. The molecule has 1 unspecified atom stereocenters. The first-order valence-electron chi connectivity index (χ1n) is 5.91. The molecule has 0 bridgehead atoms. The molecule has 1 fully saturated rings. The van der Waals surface area contributed by atoms with Gasteiger partial charge in [0.25, 0.3) is 0 Å². The maximum absolute atomic E-state index is 5.95. The van der Waals surface area contributed by atoms with Gasteiger partial charge in [0.1, 0.15) is 5.82 Å². The van der Waals surface area contributed by atoms with Crippen molar-refractivity contribution >= 4 is 11.5 Å². The minimum atomic E-state index is 0.211. The Kier molecular flexibility index (Phi) is 3.54. The molecule has 1 aromatic rings. The molecule has 0 aromatic carbocycles. The number of morpholine rings is 1. The summed E-state index contributed by atoms with van der Waals surface area (Å²) in [5.74, 6) is 0.874. The fourth-order valence-electron chi connectivity index (χ4n) is 2.08. The number of nitrogens with two attached hydrogens (primary N) is 1. The van der Waals surface area contributed by atoms with Crippen molar-refractivity contribution in [2.24, 2.45) is 7.05 Å². The van der Waals surface area contributed by atoms with E-state index in [9.17, 15) is 0 Å². The Morgan fingerprint density at radius 3 is 2.88 bits per heavy atom. The second-order valence-electron chi connectivity index (χ2n) is 4.61. The number of anilines is 2. The summed E-state index contributed by atoms with van der Waals surface area (Å²) >= 11 is 0. The molecule has 96 valence electrons. The van der Waals surface area contributed by atoms with Crippen molar-refractivity contribution in [1.82, 2.24) is 14.7 Å². The zero-order valence-corrected chi connectivity index (χ0v) is 10.7. The van der Waals surface area contributed by atoms with E-state index in [0.29, 0.717) is 0 Å². The standard InChI is InChI=1S/C11H21N5O/c1-8-10(12)11(16(3)14-8)13-6-9-7-15(2)4-5-17-9/h9,13H,4-7,12H2,1-3H3. The first-order valence-corrected chi connectivity index (χ1v) is 5.91. The highest BCUT2D eigenvalue weighted by Gasteiger charge is 2.18. The number of hydrogen-bond donors (Lipinski definition) is 2. The summed E-state index contributed by atoms with van der Waals surface area (Å²) in [5.41, 5.74) is 7.53. The minimum Gasteiger partial charge on any atom is -0.394 e. The number of nitrogen functional groups attached to an aromatic ring is 1. The van der Waals surface area contributed by atoms with Crippen LogP contribution in [0.1, 0.15) is 5.69 Å². The van der Waals surface area contributed by atoms with Gasteiger partial charge in [-0.05, 0) is 14.0 Å². The third-order valence-corrected chi connectivity index (χ3v) is 3.11. The van der Waals surface area contributed by atoms with Crippen LogP contribution in [0.4, 0.5) is 11.5 Å². The van der Waals surface area contributed by atoms with E-state index in [-0.39, 0.29) is 6.10 Å². The second kappa shape index (κ2) is 4.93. The van der Waals surface area contributed by atoms with Crippen molar-refractivity contribution in [1.29, 1.82) is 0 Å². The fourth-order valence-corrected chi connectivity index (χ4v) is 2.08. The van der Waals surface area contributed by atoms with Gasteiger partial charge in [-0.25, -0.2) is 0 Å². The van der Waals surface area contributed by atoms with E-state index in [0.717, 1.165) is 43.4 Å². The maximum atomic E-state index is 5.95.